The Labute approximate surface area is 144 Å². The number of aliphatic imine (C=N–C) groups is 1. The first-order chi connectivity index (χ1) is 12.2. The molecule has 1 aromatic heterocycles. The fourth-order valence-electron chi connectivity index (χ4n) is 2.28. The predicted octanol–water partition coefficient (Wildman–Crippen LogP) is 2.50. The summed E-state index contributed by atoms with van der Waals surface area (Å²) in [4.78, 5) is 22.9. The summed E-state index contributed by atoms with van der Waals surface area (Å²) in [6.07, 6.45) is 0. The van der Waals surface area contributed by atoms with E-state index >= 15 is 0 Å². The van der Waals surface area contributed by atoms with Crippen LogP contribution in [0.2, 0.25) is 0 Å². The topological polar surface area (TPSA) is 105 Å². The molecule has 0 aliphatic heterocycles. The minimum Gasteiger partial charge on any atom is -0.495 e. The second-order valence-corrected chi connectivity index (χ2v) is 5.14. The molecule has 0 saturated heterocycles. The first-order valence-corrected chi connectivity index (χ1v) is 7.56. The molecule has 2 aromatic carbocycles. The standard InChI is InChI=1S/C18H17N5O2/c1-25-15-10-6-5-9-13(15)20-17(19)23-18-21-14(11-16(24)22-18)12-7-3-2-4-8-12/h2-11H,1H3,(H4,19,20,21,22,23,24). The van der Waals surface area contributed by atoms with Crippen LogP contribution in [0.25, 0.3) is 11.3 Å². The van der Waals surface area contributed by atoms with Gasteiger partial charge in [-0.05, 0) is 12.1 Å². The Kier molecular flexibility index (Phi) is 4.75. The van der Waals surface area contributed by atoms with E-state index in [0.717, 1.165) is 5.56 Å². The van der Waals surface area contributed by atoms with Crippen molar-refractivity contribution < 1.29 is 4.74 Å². The average molecular weight is 335 g/mol. The van der Waals surface area contributed by atoms with Crippen molar-refractivity contribution in [1.82, 2.24) is 9.97 Å². The Balaban J connectivity index is 1.90. The Morgan fingerprint density at radius 3 is 2.64 bits per heavy atom. The molecule has 0 atom stereocenters. The van der Waals surface area contributed by atoms with Gasteiger partial charge in [-0.3, -0.25) is 9.78 Å². The van der Waals surface area contributed by atoms with Crippen LogP contribution < -0.4 is 21.3 Å². The van der Waals surface area contributed by atoms with Crippen LogP contribution in [-0.4, -0.2) is 23.0 Å². The highest BCUT2D eigenvalue weighted by molar-refractivity contribution is 5.94. The van der Waals surface area contributed by atoms with Crippen LogP contribution in [0, 0.1) is 0 Å². The Morgan fingerprint density at radius 2 is 1.88 bits per heavy atom. The van der Waals surface area contributed by atoms with Crippen LogP contribution in [-0.2, 0) is 0 Å². The number of hydrogen-bond acceptors (Lipinski definition) is 4. The van der Waals surface area contributed by atoms with Crippen molar-refractivity contribution in [2.24, 2.45) is 10.7 Å². The highest BCUT2D eigenvalue weighted by Gasteiger charge is 2.06. The lowest BCUT2D eigenvalue weighted by atomic mass is 10.1. The van der Waals surface area contributed by atoms with Crippen LogP contribution in [0.3, 0.4) is 0 Å². The number of aromatic amines is 1. The largest absolute Gasteiger partial charge is 0.495 e. The Hall–Kier alpha value is -3.61. The van der Waals surface area contributed by atoms with Gasteiger partial charge in [0.05, 0.1) is 18.5 Å². The molecule has 0 saturated carbocycles. The fraction of sp³-hybridized carbons (Fsp3) is 0.0556. The number of aromatic nitrogens is 2. The number of benzene rings is 2. The SMILES string of the molecule is COc1ccccc1NC(N)=Nc1nc(-c2ccccc2)cc(=O)[nH]1. The summed E-state index contributed by atoms with van der Waals surface area (Å²) in [5, 5.41) is 2.93. The van der Waals surface area contributed by atoms with Gasteiger partial charge in [-0.2, -0.15) is 4.99 Å². The van der Waals surface area contributed by atoms with Gasteiger partial charge in [0.25, 0.3) is 5.56 Å². The van der Waals surface area contributed by atoms with Gasteiger partial charge in [-0.25, -0.2) is 4.98 Å². The maximum absolute atomic E-state index is 11.9. The van der Waals surface area contributed by atoms with E-state index in [1.807, 2.05) is 42.5 Å². The Bertz CT molecular complexity index is 951. The first kappa shape index (κ1) is 16.3. The van der Waals surface area contributed by atoms with E-state index < -0.39 is 0 Å². The zero-order valence-corrected chi connectivity index (χ0v) is 13.6. The summed E-state index contributed by atoms with van der Waals surface area (Å²) >= 11 is 0. The van der Waals surface area contributed by atoms with Gasteiger partial charge >= 0.3 is 0 Å². The summed E-state index contributed by atoms with van der Waals surface area (Å²) in [5.74, 6) is 0.823. The molecule has 3 aromatic rings. The molecule has 4 N–H and O–H groups in total. The molecule has 0 spiro atoms. The van der Waals surface area contributed by atoms with Gasteiger partial charge in [0.15, 0.2) is 0 Å². The lowest BCUT2D eigenvalue weighted by molar-refractivity contribution is 0.417. The number of anilines is 1. The molecular formula is C18H17N5O2. The molecule has 7 heteroatoms. The molecule has 0 bridgehead atoms. The van der Waals surface area contributed by atoms with E-state index in [-0.39, 0.29) is 17.5 Å². The number of methoxy groups -OCH3 is 1. The minimum atomic E-state index is -0.308. The molecular weight excluding hydrogens is 318 g/mol. The monoisotopic (exact) mass is 335 g/mol. The van der Waals surface area contributed by atoms with E-state index in [4.69, 9.17) is 10.5 Å². The molecule has 1 heterocycles. The lowest BCUT2D eigenvalue weighted by Gasteiger charge is -2.09. The van der Waals surface area contributed by atoms with Crippen LogP contribution >= 0.6 is 0 Å². The van der Waals surface area contributed by atoms with Crippen molar-refractivity contribution in [2.45, 2.75) is 0 Å². The minimum absolute atomic E-state index is 0.0814. The van der Waals surface area contributed by atoms with Gasteiger partial charge < -0.3 is 15.8 Å². The van der Waals surface area contributed by atoms with Gasteiger partial charge in [0.1, 0.15) is 5.75 Å². The molecule has 3 rings (SSSR count). The summed E-state index contributed by atoms with van der Waals surface area (Å²) in [5.41, 5.74) is 7.62. The molecule has 0 fully saturated rings. The van der Waals surface area contributed by atoms with Crippen LogP contribution in [0.1, 0.15) is 0 Å². The second-order valence-electron chi connectivity index (χ2n) is 5.14. The smallest absolute Gasteiger partial charge is 0.252 e. The normalized spacial score (nSPS) is 11.2. The number of H-pyrrole nitrogens is 1. The highest BCUT2D eigenvalue weighted by atomic mass is 16.5. The van der Waals surface area contributed by atoms with Crippen molar-refractivity contribution in [3.8, 4) is 17.0 Å². The number of rotatable bonds is 4. The van der Waals surface area contributed by atoms with E-state index in [9.17, 15) is 4.79 Å². The summed E-state index contributed by atoms with van der Waals surface area (Å²) < 4.78 is 5.25. The molecule has 25 heavy (non-hydrogen) atoms. The first-order valence-electron chi connectivity index (χ1n) is 7.56. The van der Waals surface area contributed by atoms with Crippen LogP contribution in [0.4, 0.5) is 11.6 Å². The third kappa shape index (κ3) is 4.03. The summed E-state index contributed by atoms with van der Waals surface area (Å²) in [6.45, 7) is 0. The molecule has 126 valence electrons. The van der Waals surface area contributed by atoms with Crippen molar-refractivity contribution in [1.29, 1.82) is 0 Å². The van der Waals surface area contributed by atoms with E-state index in [0.29, 0.717) is 17.1 Å². The molecule has 0 radical (unpaired) electrons. The number of ether oxygens (including phenoxy) is 1. The third-order valence-corrected chi connectivity index (χ3v) is 3.39. The molecule has 0 unspecified atom stereocenters. The average Bonchev–Trinajstić information content (AvgIpc) is 2.62. The summed E-state index contributed by atoms with van der Waals surface area (Å²) in [6, 6.07) is 18.1. The van der Waals surface area contributed by atoms with E-state index in [1.54, 1.807) is 19.2 Å². The Morgan fingerprint density at radius 1 is 1.16 bits per heavy atom. The summed E-state index contributed by atoms with van der Waals surface area (Å²) in [7, 11) is 1.57. The van der Waals surface area contributed by atoms with Gasteiger partial charge in [-0.15, -0.1) is 0 Å². The van der Waals surface area contributed by atoms with Crippen molar-refractivity contribution >= 4 is 17.6 Å². The number of nitrogens with two attached hydrogens (primary N) is 1. The number of nitrogens with one attached hydrogen (secondary N) is 2. The molecule has 0 aliphatic rings. The molecule has 0 aliphatic carbocycles. The van der Waals surface area contributed by atoms with E-state index in [2.05, 4.69) is 20.3 Å². The number of para-hydroxylation sites is 2. The van der Waals surface area contributed by atoms with Crippen molar-refractivity contribution in [2.75, 3.05) is 12.4 Å². The van der Waals surface area contributed by atoms with Crippen LogP contribution in [0.15, 0.2) is 70.5 Å². The van der Waals surface area contributed by atoms with E-state index in [1.165, 1.54) is 6.07 Å². The highest BCUT2D eigenvalue weighted by Crippen LogP contribution is 2.23. The maximum Gasteiger partial charge on any atom is 0.252 e. The van der Waals surface area contributed by atoms with Crippen LogP contribution in [0.5, 0.6) is 5.75 Å². The zero-order chi connectivity index (χ0) is 17.6. The number of hydrogen-bond donors (Lipinski definition) is 3. The quantitative estimate of drug-likeness (QED) is 0.502. The predicted molar refractivity (Wildman–Crippen MR) is 98.2 cm³/mol. The lowest BCUT2D eigenvalue weighted by Crippen LogP contribution is -2.23. The zero-order valence-electron chi connectivity index (χ0n) is 13.6. The number of guanidine groups is 1. The third-order valence-electron chi connectivity index (χ3n) is 3.39. The maximum atomic E-state index is 11.9. The molecule has 7 nitrogen and oxygen atoms in total. The fourth-order valence-corrected chi connectivity index (χ4v) is 2.28. The van der Waals surface area contributed by atoms with Crippen molar-refractivity contribution in [3.63, 3.8) is 0 Å². The van der Waals surface area contributed by atoms with Gasteiger partial charge in [-0.1, -0.05) is 42.5 Å². The van der Waals surface area contributed by atoms with Gasteiger partial charge in [0.2, 0.25) is 11.9 Å². The van der Waals surface area contributed by atoms with Crippen molar-refractivity contribution in [3.05, 3.63) is 71.0 Å². The number of nitrogens with zero attached hydrogens (tertiary/aromatic N) is 2. The second kappa shape index (κ2) is 7.31. The van der Waals surface area contributed by atoms with Gasteiger partial charge in [0, 0.05) is 11.6 Å². The molecule has 0 amide bonds.